The van der Waals surface area contributed by atoms with Gasteiger partial charge in [-0.05, 0) is 79.4 Å². The summed E-state index contributed by atoms with van der Waals surface area (Å²) >= 11 is 0. The number of primary amides is 1. The molecule has 1 saturated carbocycles. The van der Waals surface area contributed by atoms with E-state index in [0.717, 1.165) is 29.5 Å². The maximum Gasteiger partial charge on any atom is 0.246 e. The number of Topliss-reactive ketones (excluding diaryl/α,β-unsaturated/α-hetero) is 4. The molecule has 0 bridgehead atoms. The van der Waals surface area contributed by atoms with Gasteiger partial charge in [0, 0.05) is 49.9 Å². The molecule has 0 aromatic heterocycles. The average Bonchev–Trinajstić information content (AvgIpc) is 2.01. The third kappa shape index (κ3) is 22.8. The molecule has 8 amide bonds. The largest absolute Gasteiger partial charge is 0.396 e. The highest BCUT2D eigenvalue weighted by Crippen LogP contribution is 2.31. The number of carbonyl (C=O) groups excluding carboxylic acids is 12. The number of aliphatic hydroxyl groups excluding tert-OH is 2. The van der Waals surface area contributed by atoms with Crippen molar-refractivity contribution in [3.8, 4) is 11.1 Å². The van der Waals surface area contributed by atoms with Crippen LogP contribution in [0.3, 0.4) is 0 Å². The Morgan fingerprint density at radius 3 is 1.63 bits per heavy atom. The molecule has 15 atom stereocenters. The number of benzene rings is 2. The van der Waals surface area contributed by atoms with Crippen LogP contribution in [0.1, 0.15) is 191 Å². The quantitative estimate of drug-likeness (QED) is 0.0394. The van der Waals surface area contributed by atoms with Gasteiger partial charge in [-0.15, -0.1) is 0 Å². The molecule has 4 rings (SSSR count). The van der Waals surface area contributed by atoms with E-state index < -0.39 is 187 Å². The van der Waals surface area contributed by atoms with E-state index in [9.17, 15) is 67.7 Å². The van der Waals surface area contributed by atoms with Gasteiger partial charge in [0.2, 0.25) is 47.3 Å². The van der Waals surface area contributed by atoms with Crippen molar-refractivity contribution >= 4 is 70.4 Å². The van der Waals surface area contributed by atoms with Crippen LogP contribution in [0.4, 0.5) is 0 Å². The lowest BCUT2D eigenvalue weighted by Crippen LogP contribution is -2.64. The molecule has 1 saturated heterocycles. The first-order chi connectivity index (χ1) is 44.1. The molecular weight excluding hydrogens is 1190 g/mol. The maximum atomic E-state index is 14.6. The number of rotatable bonds is 34. The minimum atomic E-state index is -1.48. The minimum absolute atomic E-state index is 0.290. The number of amides is 8. The minimum Gasteiger partial charge on any atom is -0.396 e. The lowest BCUT2D eigenvalue weighted by Gasteiger charge is -2.36. The molecule has 1 spiro atoms. The summed E-state index contributed by atoms with van der Waals surface area (Å²) in [6.07, 6.45) is 3.63. The van der Waals surface area contributed by atoms with E-state index in [0.29, 0.717) is 64.2 Å². The van der Waals surface area contributed by atoms with Crippen LogP contribution in [0.2, 0.25) is 0 Å². The van der Waals surface area contributed by atoms with Crippen molar-refractivity contribution < 1.29 is 67.7 Å². The molecule has 22 nitrogen and oxygen atoms in total. The van der Waals surface area contributed by atoms with Crippen LogP contribution >= 0.6 is 0 Å². The van der Waals surface area contributed by atoms with Crippen LogP contribution in [-0.4, -0.2) is 136 Å². The van der Waals surface area contributed by atoms with Crippen molar-refractivity contribution in [2.75, 3.05) is 13.2 Å². The van der Waals surface area contributed by atoms with E-state index in [2.05, 4.69) is 37.2 Å². The fraction of sp³-hybridized carbons (Fsp3) is 0.662. The molecule has 516 valence electrons. The zero-order chi connectivity index (χ0) is 69.3. The van der Waals surface area contributed by atoms with Gasteiger partial charge in [0.15, 0.2) is 23.1 Å². The van der Waals surface area contributed by atoms with Crippen LogP contribution < -0.4 is 43.0 Å². The van der Waals surface area contributed by atoms with E-state index in [1.54, 1.807) is 41.5 Å². The van der Waals surface area contributed by atoms with E-state index >= 15 is 0 Å². The highest BCUT2D eigenvalue weighted by molar-refractivity contribution is 6.00. The average molecular weight is 1300 g/mol. The van der Waals surface area contributed by atoms with Crippen molar-refractivity contribution in [1.29, 1.82) is 0 Å². The molecule has 1 aliphatic carbocycles. The molecule has 1 aliphatic heterocycles. The molecule has 2 aromatic carbocycles. The number of hydrogen-bond acceptors (Lipinski definition) is 14. The predicted octanol–water partition coefficient (Wildman–Crippen LogP) is 5.83. The Morgan fingerprint density at radius 2 is 1.12 bits per heavy atom. The van der Waals surface area contributed by atoms with Gasteiger partial charge in [-0.2, -0.15) is 0 Å². The van der Waals surface area contributed by atoms with Crippen LogP contribution in [0.5, 0.6) is 0 Å². The third-order valence-corrected chi connectivity index (χ3v) is 19.7. The summed E-state index contributed by atoms with van der Waals surface area (Å²) in [7, 11) is 0. The number of ketones is 4. The summed E-state index contributed by atoms with van der Waals surface area (Å²) in [6, 6.07) is 10.5. The molecule has 0 unspecified atom stereocenters. The second-order valence-electron chi connectivity index (χ2n) is 26.6. The third-order valence-electron chi connectivity index (χ3n) is 19.7. The van der Waals surface area contributed by atoms with Crippen molar-refractivity contribution in [3.05, 3.63) is 60.2 Å². The molecule has 11 N–H and O–H groups in total. The highest BCUT2D eigenvalue weighted by Gasteiger charge is 2.45. The van der Waals surface area contributed by atoms with Crippen LogP contribution in [0.15, 0.2) is 54.6 Å². The lowest BCUT2D eigenvalue weighted by atomic mass is 9.83. The number of nitrogens with one attached hydrogen (secondary N) is 7. The second kappa shape index (κ2) is 38.2. The van der Waals surface area contributed by atoms with Gasteiger partial charge in [0.05, 0.1) is 49.2 Å². The van der Waals surface area contributed by atoms with E-state index in [-0.39, 0.29) is 30.6 Å². The fourth-order valence-corrected chi connectivity index (χ4v) is 12.3. The SMILES string of the molecule is CC[C@H](Cc1ccc(-c2ccccc2)cc1)C(=O)N[C@H](C(=O)C[C@@H](CO)C(=O)N[C@H](CCC(N)=O)C(=O)C[C@@H](C(=O)N[C@H](C(=O)C[C@@H](CO)C(=O)N[C@H]1C(=O)C[C@@H](C)C(=O)NC2(CCCCCC2)C(=O)N[C@@H]([C@@H](C)CC)C(=O)N[C@H]1C)[C@@H](C)CC)[C@@H](C)CC)[C@@H](C)CC. The van der Waals surface area contributed by atoms with Gasteiger partial charge in [0.25, 0.3) is 0 Å². The zero-order valence-corrected chi connectivity index (χ0v) is 56.9. The van der Waals surface area contributed by atoms with Gasteiger partial charge >= 0.3 is 0 Å². The number of carbonyl (C=O) groups is 12. The summed E-state index contributed by atoms with van der Waals surface area (Å²) < 4.78 is 0. The standard InChI is InChI=1S/C71H108N8O14/c1-12-41(6)53(38-55(82)54(30-31-59(72)86)74-66(89)51(39-80)36-57(84)60(42(7)13-2)75-65(88)48(16-5)35-47-26-28-50(29-27-47)49-24-20-19-21-25-49)68(91)76-61(43(8)14-3)58(85)37-52(40-81)67(90)77-63-46(11)73-69(92)62(44(9)15-4)78-70(93)71(32-22-17-18-23-33-71)79-64(87)45(10)34-56(63)83/h19-21,24-29,41-46,48,51-54,60-63,80-81H,12-18,22-23,30-40H2,1-11H3,(H2,72,86)(H,73,92)(H,74,89)(H,75,88)(H,76,91)(H,77,90)(H,78,93)(H,79,87)/t41-,42-,43-,44-,45+,46-,48+,51-,52-,53+,54+,60-,61-,62-,63+/m0/s1. The summed E-state index contributed by atoms with van der Waals surface area (Å²) in [5.41, 5.74) is 7.24. The summed E-state index contributed by atoms with van der Waals surface area (Å²) in [5.74, 6) is -15.0. The van der Waals surface area contributed by atoms with Gasteiger partial charge in [-0.25, -0.2) is 0 Å². The Hall–Kier alpha value is -7.20. The Balaban J connectivity index is 1.51. The lowest BCUT2D eigenvalue weighted by molar-refractivity contribution is -0.138. The van der Waals surface area contributed by atoms with Gasteiger partial charge in [-0.1, -0.05) is 175 Å². The molecule has 93 heavy (non-hydrogen) atoms. The second-order valence-corrected chi connectivity index (χ2v) is 26.6. The topological polar surface area (TPSA) is 356 Å². The Labute approximate surface area is 550 Å². The first-order valence-electron chi connectivity index (χ1n) is 34.0. The van der Waals surface area contributed by atoms with Gasteiger partial charge < -0.3 is 53.2 Å². The monoisotopic (exact) mass is 1300 g/mol. The maximum absolute atomic E-state index is 14.6. The Bertz CT molecular complexity index is 2860. The van der Waals surface area contributed by atoms with Crippen LogP contribution in [0.25, 0.3) is 11.1 Å². The molecule has 1 heterocycles. The highest BCUT2D eigenvalue weighted by atomic mass is 16.3. The molecule has 0 radical (unpaired) electrons. The van der Waals surface area contributed by atoms with Gasteiger partial charge in [-0.3, -0.25) is 57.5 Å². The van der Waals surface area contributed by atoms with E-state index in [1.807, 2.05) is 75.4 Å². The Kier molecular flexibility index (Phi) is 32.2. The molecule has 2 aromatic rings. The zero-order valence-electron chi connectivity index (χ0n) is 56.9. The molecular formula is C71H108N8O14. The van der Waals surface area contributed by atoms with Gasteiger partial charge in [0.1, 0.15) is 17.6 Å². The first kappa shape index (κ1) is 78.2. The smallest absolute Gasteiger partial charge is 0.246 e. The fourth-order valence-electron chi connectivity index (χ4n) is 12.3. The first-order valence-corrected chi connectivity index (χ1v) is 34.0. The molecule has 2 fully saturated rings. The number of aliphatic hydroxyl groups is 2. The van der Waals surface area contributed by atoms with E-state index in [1.165, 1.54) is 13.8 Å². The van der Waals surface area contributed by atoms with Crippen molar-refractivity contribution in [2.24, 2.45) is 59.0 Å². The van der Waals surface area contributed by atoms with Crippen LogP contribution in [0, 0.1) is 53.3 Å². The van der Waals surface area contributed by atoms with Crippen LogP contribution in [-0.2, 0) is 64.0 Å². The normalized spacial score (nSPS) is 21.6. The number of nitrogens with two attached hydrogens (primary N) is 1. The summed E-state index contributed by atoms with van der Waals surface area (Å²) in [5, 5.41) is 41.1. The van der Waals surface area contributed by atoms with E-state index in [4.69, 9.17) is 5.73 Å². The van der Waals surface area contributed by atoms with Crippen molar-refractivity contribution in [2.45, 2.75) is 234 Å². The molecule has 22 heteroatoms. The number of hydrogen-bond donors (Lipinski definition) is 10. The predicted molar refractivity (Wildman–Crippen MR) is 354 cm³/mol. The summed E-state index contributed by atoms with van der Waals surface area (Å²) in [6.45, 7) is 17.5. The van der Waals surface area contributed by atoms with Crippen molar-refractivity contribution in [1.82, 2.24) is 37.2 Å². The Morgan fingerprint density at radius 1 is 0.591 bits per heavy atom. The molecule has 2 aliphatic rings. The van der Waals surface area contributed by atoms with Crippen molar-refractivity contribution in [3.63, 3.8) is 0 Å². The summed E-state index contributed by atoms with van der Waals surface area (Å²) in [4.78, 5) is 169.